The molecule has 1 nitrogen and oxygen atoms in total. The number of nitrogens with one attached hydrogen (secondary N) is 1. The van der Waals surface area contributed by atoms with Crippen molar-refractivity contribution >= 4 is 64.0 Å². The van der Waals surface area contributed by atoms with E-state index in [2.05, 4.69) is 77.1 Å². The van der Waals surface area contributed by atoms with Crippen LogP contribution in [-0.4, -0.2) is 4.98 Å². The Kier molecular flexibility index (Phi) is 2.70. The Labute approximate surface area is 152 Å². The second-order valence-corrected chi connectivity index (χ2v) is 8.27. The Hall–Kier alpha value is -2.62. The van der Waals surface area contributed by atoms with Crippen LogP contribution in [0.2, 0.25) is 0 Å². The van der Waals surface area contributed by atoms with Gasteiger partial charge in [0.25, 0.3) is 0 Å². The van der Waals surface area contributed by atoms with Crippen molar-refractivity contribution in [2.45, 2.75) is 0 Å². The Morgan fingerprint density at radius 1 is 0.680 bits per heavy atom. The van der Waals surface area contributed by atoms with Gasteiger partial charge >= 0.3 is 0 Å². The predicted molar refractivity (Wildman–Crippen MR) is 112 cm³/mol. The molecule has 0 aliphatic carbocycles. The van der Waals surface area contributed by atoms with Gasteiger partial charge in [-0.05, 0) is 23.8 Å². The minimum atomic E-state index is 1.20. The van der Waals surface area contributed by atoms with Crippen molar-refractivity contribution in [3.63, 3.8) is 0 Å². The second kappa shape index (κ2) is 4.94. The number of thiophene rings is 2. The topological polar surface area (TPSA) is 15.8 Å². The van der Waals surface area contributed by atoms with Gasteiger partial charge in [-0.25, -0.2) is 0 Å². The lowest BCUT2D eigenvalue weighted by Crippen LogP contribution is -1.74. The smallest absolute Gasteiger partial charge is 0.0541 e. The van der Waals surface area contributed by atoms with Gasteiger partial charge in [0.2, 0.25) is 0 Å². The van der Waals surface area contributed by atoms with E-state index in [1.54, 1.807) is 0 Å². The number of benzene rings is 3. The summed E-state index contributed by atoms with van der Waals surface area (Å²) in [6.45, 7) is 0. The van der Waals surface area contributed by atoms with E-state index < -0.39 is 0 Å². The zero-order valence-corrected chi connectivity index (χ0v) is 14.9. The average Bonchev–Trinajstić information content (AvgIpc) is 3.32. The molecule has 0 aliphatic rings. The van der Waals surface area contributed by atoms with Crippen molar-refractivity contribution in [1.29, 1.82) is 0 Å². The molecule has 0 unspecified atom stereocenters. The van der Waals surface area contributed by atoms with Crippen molar-refractivity contribution in [1.82, 2.24) is 4.98 Å². The average molecular weight is 355 g/mol. The van der Waals surface area contributed by atoms with Crippen LogP contribution in [0.15, 0.2) is 72.1 Å². The van der Waals surface area contributed by atoms with Gasteiger partial charge in [0, 0.05) is 42.8 Å². The summed E-state index contributed by atoms with van der Waals surface area (Å²) in [6, 6.07) is 24.0. The van der Waals surface area contributed by atoms with E-state index in [0.29, 0.717) is 0 Å². The van der Waals surface area contributed by atoms with E-state index in [0.717, 1.165) is 0 Å². The van der Waals surface area contributed by atoms with E-state index in [1.807, 2.05) is 22.7 Å². The Balaban J connectivity index is 1.63. The fourth-order valence-electron chi connectivity index (χ4n) is 3.71. The molecule has 3 aromatic heterocycles. The van der Waals surface area contributed by atoms with Crippen LogP contribution in [0, 0.1) is 0 Å². The number of hydrogen-bond acceptors (Lipinski definition) is 2. The van der Waals surface area contributed by atoms with E-state index in [9.17, 15) is 0 Å². The van der Waals surface area contributed by atoms with Crippen LogP contribution in [0.5, 0.6) is 0 Å². The summed E-state index contributed by atoms with van der Waals surface area (Å²) >= 11 is 3.76. The third kappa shape index (κ3) is 1.88. The largest absolute Gasteiger partial charge is 0.354 e. The molecule has 25 heavy (non-hydrogen) atoms. The number of para-hydroxylation sites is 1. The number of H-pyrrole nitrogens is 1. The fourth-order valence-corrected chi connectivity index (χ4v) is 6.26. The van der Waals surface area contributed by atoms with Gasteiger partial charge in [-0.3, -0.25) is 0 Å². The molecule has 118 valence electrons. The lowest BCUT2D eigenvalue weighted by Gasteiger charge is -1.99. The first-order valence-corrected chi connectivity index (χ1v) is 9.98. The molecule has 0 saturated heterocycles. The van der Waals surface area contributed by atoms with Crippen LogP contribution in [0.25, 0.3) is 52.4 Å². The highest BCUT2D eigenvalue weighted by molar-refractivity contribution is 7.32. The molecule has 0 bridgehead atoms. The van der Waals surface area contributed by atoms with E-state index in [1.165, 1.54) is 52.4 Å². The SMILES string of the molecule is c1ccc2c(c1)[nH]c1cc(-c3csc4c3sc3ccccc34)ccc12. The number of aromatic nitrogens is 1. The zero-order chi connectivity index (χ0) is 16.4. The first-order chi connectivity index (χ1) is 12.4. The maximum absolute atomic E-state index is 3.56. The Morgan fingerprint density at radius 2 is 1.48 bits per heavy atom. The van der Waals surface area contributed by atoms with Crippen LogP contribution >= 0.6 is 22.7 Å². The quantitative estimate of drug-likeness (QED) is 0.316. The summed E-state index contributed by atoms with van der Waals surface area (Å²) in [5.74, 6) is 0. The summed E-state index contributed by atoms with van der Waals surface area (Å²) in [6.07, 6.45) is 0. The van der Waals surface area contributed by atoms with Crippen molar-refractivity contribution < 1.29 is 0 Å². The summed E-state index contributed by atoms with van der Waals surface area (Å²) < 4.78 is 4.19. The number of aromatic amines is 1. The molecule has 3 heteroatoms. The molecule has 1 N–H and O–H groups in total. The molecule has 0 amide bonds. The standard InChI is InChI=1S/C22H13NS2/c1-3-7-18-14(5-1)15-10-9-13(11-19(15)23-18)17-12-24-21-16-6-2-4-8-20(16)25-22(17)21/h1-12,23H. The minimum absolute atomic E-state index is 1.20. The normalized spacial score (nSPS) is 12.0. The molecule has 0 spiro atoms. The van der Waals surface area contributed by atoms with Gasteiger partial charge in [0.15, 0.2) is 0 Å². The molecule has 0 saturated carbocycles. The lowest BCUT2D eigenvalue weighted by molar-refractivity contribution is 1.55. The van der Waals surface area contributed by atoms with E-state index in [-0.39, 0.29) is 0 Å². The molecule has 3 heterocycles. The highest BCUT2D eigenvalue weighted by Gasteiger charge is 2.13. The maximum Gasteiger partial charge on any atom is 0.0541 e. The summed E-state index contributed by atoms with van der Waals surface area (Å²) in [4.78, 5) is 3.56. The number of rotatable bonds is 1. The fraction of sp³-hybridized carbons (Fsp3) is 0. The Bertz CT molecular complexity index is 1400. The first kappa shape index (κ1) is 13.6. The molecule has 0 atom stereocenters. The highest BCUT2D eigenvalue weighted by atomic mass is 32.1. The van der Waals surface area contributed by atoms with Crippen molar-refractivity contribution in [3.05, 3.63) is 72.1 Å². The predicted octanol–water partition coefficient (Wildman–Crippen LogP) is 7.42. The third-order valence-corrected chi connectivity index (χ3v) is 7.25. The summed E-state index contributed by atoms with van der Waals surface area (Å²) in [7, 11) is 0. The highest BCUT2D eigenvalue weighted by Crippen LogP contribution is 2.44. The Morgan fingerprint density at radius 3 is 2.44 bits per heavy atom. The van der Waals surface area contributed by atoms with Crippen LogP contribution in [0.4, 0.5) is 0 Å². The van der Waals surface area contributed by atoms with Crippen molar-refractivity contribution in [3.8, 4) is 11.1 Å². The van der Waals surface area contributed by atoms with Gasteiger partial charge in [0.1, 0.15) is 0 Å². The summed E-state index contributed by atoms with van der Waals surface area (Å²) in [5.41, 5.74) is 5.05. The van der Waals surface area contributed by atoms with E-state index in [4.69, 9.17) is 0 Å². The van der Waals surface area contributed by atoms with Crippen LogP contribution in [0.1, 0.15) is 0 Å². The second-order valence-electron chi connectivity index (χ2n) is 6.34. The zero-order valence-electron chi connectivity index (χ0n) is 13.2. The lowest BCUT2D eigenvalue weighted by atomic mass is 10.1. The van der Waals surface area contributed by atoms with Gasteiger partial charge in [-0.15, -0.1) is 22.7 Å². The van der Waals surface area contributed by atoms with Crippen molar-refractivity contribution in [2.24, 2.45) is 0 Å². The van der Waals surface area contributed by atoms with Crippen LogP contribution in [0.3, 0.4) is 0 Å². The van der Waals surface area contributed by atoms with E-state index >= 15 is 0 Å². The monoisotopic (exact) mass is 355 g/mol. The number of fused-ring (bicyclic) bond motifs is 6. The molecule has 0 radical (unpaired) electrons. The van der Waals surface area contributed by atoms with Gasteiger partial charge < -0.3 is 4.98 Å². The first-order valence-electron chi connectivity index (χ1n) is 8.28. The summed E-state index contributed by atoms with van der Waals surface area (Å²) in [5, 5.41) is 6.27. The third-order valence-electron chi connectivity index (χ3n) is 4.91. The molecule has 6 aromatic rings. The minimum Gasteiger partial charge on any atom is -0.354 e. The van der Waals surface area contributed by atoms with Crippen molar-refractivity contribution in [2.75, 3.05) is 0 Å². The molecule has 0 aliphatic heterocycles. The van der Waals surface area contributed by atoms with Crippen LogP contribution < -0.4 is 0 Å². The molecule has 0 fully saturated rings. The van der Waals surface area contributed by atoms with Gasteiger partial charge in [-0.1, -0.05) is 48.5 Å². The molecular weight excluding hydrogens is 342 g/mol. The molecule has 3 aromatic carbocycles. The molecular formula is C22H13NS2. The van der Waals surface area contributed by atoms with Gasteiger partial charge in [-0.2, -0.15) is 0 Å². The number of hydrogen-bond donors (Lipinski definition) is 1. The molecule has 6 rings (SSSR count). The van der Waals surface area contributed by atoms with Crippen LogP contribution in [-0.2, 0) is 0 Å². The maximum atomic E-state index is 3.56. The van der Waals surface area contributed by atoms with Gasteiger partial charge in [0.05, 0.1) is 9.40 Å².